The predicted molar refractivity (Wildman–Crippen MR) is 113 cm³/mol. The van der Waals surface area contributed by atoms with Gasteiger partial charge in [0.15, 0.2) is 15.6 Å². The van der Waals surface area contributed by atoms with E-state index in [9.17, 15) is 18.0 Å². The average molecular weight is 442 g/mol. The standard InChI is InChI=1S/C22H22N2O6S/c1-15(2)30-18-10-8-16(9-11-18)21(25)23-24-22(26)20-17(12-13-29-20)14-31(27,28)19-6-4-3-5-7-19/h3-13,15H,14H2,1-2H3,(H,23,25)(H,24,26). The van der Waals surface area contributed by atoms with E-state index in [1.165, 1.54) is 24.5 Å². The van der Waals surface area contributed by atoms with Crippen LogP contribution in [-0.2, 0) is 15.6 Å². The molecule has 9 heteroatoms. The van der Waals surface area contributed by atoms with Crippen LogP contribution < -0.4 is 15.6 Å². The second-order valence-electron chi connectivity index (χ2n) is 6.95. The van der Waals surface area contributed by atoms with Gasteiger partial charge < -0.3 is 9.15 Å². The van der Waals surface area contributed by atoms with E-state index in [0.29, 0.717) is 11.3 Å². The number of rotatable bonds is 7. The molecule has 0 unspecified atom stereocenters. The number of hydrogen-bond acceptors (Lipinski definition) is 6. The van der Waals surface area contributed by atoms with Crippen LogP contribution in [0.3, 0.4) is 0 Å². The number of carbonyl (C=O) groups excluding carboxylic acids is 2. The summed E-state index contributed by atoms with van der Waals surface area (Å²) in [6.45, 7) is 3.79. The highest BCUT2D eigenvalue weighted by Crippen LogP contribution is 2.20. The number of nitrogens with one attached hydrogen (secondary N) is 2. The van der Waals surface area contributed by atoms with Gasteiger partial charge in [0.25, 0.3) is 5.91 Å². The summed E-state index contributed by atoms with van der Waals surface area (Å²) in [6.07, 6.45) is 1.23. The Labute approximate surface area is 180 Å². The van der Waals surface area contributed by atoms with Crippen molar-refractivity contribution in [3.8, 4) is 5.75 Å². The molecule has 0 aliphatic carbocycles. The van der Waals surface area contributed by atoms with Crippen LogP contribution in [0.25, 0.3) is 0 Å². The largest absolute Gasteiger partial charge is 0.491 e. The van der Waals surface area contributed by atoms with E-state index >= 15 is 0 Å². The summed E-state index contributed by atoms with van der Waals surface area (Å²) in [6, 6.07) is 15.7. The number of carbonyl (C=O) groups is 2. The van der Waals surface area contributed by atoms with Crippen LogP contribution in [-0.4, -0.2) is 26.3 Å². The molecule has 0 aliphatic rings. The summed E-state index contributed by atoms with van der Waals surface area (Å²) in [5.41, 5.74) is 5.01. The van der Waals surface area contributed by atoms with Gasteiger partial charge in [0.1, 0.15) is 5.75 Å². The second kappa shape index (κ2) is 9.48. The van der Waals surface area contributed by atoms with Crippen LogP contribution in [0.5, 0.6) is 5.75 Å². The van der Waals surface area contributed by atoms with Crippen molar-refractivity contribution < 1.29 is 27.2 Å². The maximum atomic E-state index is 12.6. The quantitative estimate of drug-likeness (QED) is 0.544. The second-order valence-corrected chi connectivity index (χ2v) is 8.94. The Hall–Kier alpha value is -3.59. The first-order valence-corrected chi connectivity index (χ1v) is 11.1. The van der Waals surface area contributed by atoms with E-state index < -0.39 is 27.4 Å². The van der Waals surface area contributed by atoms with Crippen LogP contribution in [0.1, 0.15) is 40.3 Å². The fraction of sp³-hybridized carbons (Fsp3) is 0.182. The average Bonchev–Trinajstić information content (AvgIpc) is 3.20. The predicted octanol–water partition coefficient (Wildman–Crippen LogP) is 3.12. The fourth-order valence-electron chi connectivity index (χ4n) is 2.76. The van der Waals surface area contributed by atoms with Crippen molar-refractivity contribution in [2.45, 2.75) is 30.6 Å². The summed E-state index contributed by atoms with van der Waals surface area (Å²) in [5.74, 6) is -1.30. The Kier molecular flexibility index (Phi) is 6.76. The molecule has 31 heavy (non-hydrogen) atoms. The highest BCUT2D eigenvalue weighted by molar-refractivity contribution is 7.90. The van der Waals surface area contributed by atoms with Gasteiger partial charge >= 0.3 is 5.91 Å². The van der Waals surface area contributed by atoms with E-state index in [2.05, 4.69) is 10.9 Å². The molecule has 0 fully saturated rings. The first kappa shape index (κ1) is 22.1. The lowest BCUT2D eigenvalue weighted by molar-refractivity contribution is 0.0830. The zero-order valence-electron chi connectivity index (χ0n) is 17.0. The van der Waals surface area contributed by atoms with Crippen LogP contribution in [0.15, 0.2) is 76.2 Å². The minimum atomic E-state index is -3.67. The first-order chi connectivity index (χ1) is 14.8. The third kappa shape index (κ3) is 5.73. The van der Waals surface area contributed by atoms with Gasteiger partial charge in [-0.15, -0.1) is 0 Å². The number of furan rings is 1. The summed E-state index contributed by atoms with van der Waals surface area (Å²) in [4.78, 5) is 24.8. The highest BCUT2D eigenvalue weighted by Gasteiger charge is 2.23. The first-order valence-electron chi connectivity index (χ1n) is 9.48. The molecule has 8 nitrogen and oxygen atoms in total. The molecule has 0 atom stereocenters. The molecule has 0 radical (unpaired) electrons. The lowest BCUT2D eigenvalue weighted by Gasteiger charge is -2.10. The van der Waals surface area contributed by atoms with Crippen molar-refractivity contribution in [2.75, 3.05) is 0 Å². The number of hydrazine groups is 1. The summed E-state index contributed by atoms with van der Waals surface area (Å²) in [7, 11) is -3.67. The molecule has 0 aliphatic heterocycles. The molecule has 0 saturated carbocycles. The monoisotopic (exact) mass is 442 g/mol. The topological polar surface area (TPSA) is 115 Å². The zero-order chi connectivity index (χ0) is 22.4. The number of benzene rings is 2. The third-order valence-corrected chi connectivity index (χ3v) is 5.86. The van der Waals surface area contributed by atoms with Gasteiger partial charge in [-0.25, -0.2) is 8.42 Å². The lowest BCUT2D eigenvalue weighted by atomic mass is 10.2. The van der Waals surface area contributed by atoms with E-state index in [0.717, 1.165) is 0 Å². The number of amides is 2. The van der Waals surface area contributed by atoms with Gasteiger partial charge in [0, 0.05) is 11.1 Å². The van der Waals surface area contributed by atoms with Gasteiger partial charge in [-0.2, -0.15) is 0 Å². The molecular formula is C22H22N2O6S. The molecule has 2 N–H and O–H groups in total. The Balaban J connectivity index is 1.63. The van der Waals surface area contributed by atoms with Crippen molar-refractivity contribution >= 4 is 21.7 Å². The summed E-state index contributed by atoms with van der Waals surface area (Å²) < 4.78 is 35.8. The SMILES string of the molecule is CC(C)Oc1ccc(C(=O)NNC(=O)c2occc2CS(=O)(=O)c2ccccc2)cc1. The van der Waals surface area contributed by atoms with Crippen LogP contribution >= 0.6 is 0 Å². The Morgan fingerprint density at radius 1 is 0.935 bits per heavy atom. The lowest BCUT2D eigenvalue weighted by Crippen LogP contribution is -2.41. The van der Waals surface area contributed by atoms with E-state index in [-0.39, 0.29) is 22.3 Å². The van der Waals surface area contributed by atoms with Crippen LogP contribution in [0.4, 0.5) is 0 Å². The van der Waals surface area contributed by atoms with Crippen molar-refractivity contribution in [3.63, 3.8) is 0 Å². The molecule has 1 aromatic heterocycles. The molecule has 3 aromatic rings. The van der Waals surface area contributed by atoms with Gasteiger partial charge in [0.2, 0.25) is 0 Å². The minimum Gasteiger partial charge on any atom is -0.491 e. The molecule has 0 bridgehead atoms. The fourth-order valence-corrected chi connectivity index (χ4v) is 4.14. The van der Waals surface area contributed by atoms with Gasteiger partial charge in [-0.3, -0.25) is 20.4 Å². The van der Waals surface area contributed by atoms with Crippen molar-refractivity contribution in [1.29, 1.82) is 0 Å². The van der Waals surface area contributed by atoms with Gasteiger partial charge in [-0.05, 0) is 56.3 Å². The van der Waals surface area contributed by atoms with Crippen LogP contribution in [0.2, 0.25) is 0 Å². The molecule has 0 spiro atoms. The number of hydrogen-bond donors (Lipinski definition) is 2. The molecule has 1 heterocycles. The van der Waals surface area contributed by atoms with Gasteiger partial charge in [0.05, 0.1) is 23.0 Å². The maximum Gasteiger partial charge on any atom is 0.305 e. The smallest absolute Gasteiger partial charge is 0.305 e. The molecule has 2 amide bonds. The minimum absolute atomic E-state index is 0.00663. The van der Waals surface area contributed by atoms with Gasteiger partial charge in [-0.1, -0.05) is 18.2 Å². The van der Waals surface area contributed by atoms with E-state index in [1.54, 1.807) is 42.5 Å². The zero-order valence-corrected chi connectivity index (χ0v) is 17.8. The number of ether oxygens (including phenoxy) is 1. The number of sulfone groups is 1. The maximum absolute atomic E-state index is 12.6. The van der Waals surface area contributed by atoms with Crippen molar-refractivity contribution in [1.82, 2.24) is 10.9 Å². The Morgan fingerprint density at radius 3 is 2.23 bits per heavy atom. The molecule has 162 valence electrons. The Bertz CT molecular complexity index is 1150. The third-order valence-electron chi connectivity index (χ3n) is 4.18. The summed E-state index contributed by atoms with van der Waals surface area (Å²) >= 11 is 0. The normalized spacial score (nSPS) is 11.2. The van der Waals surface area contributed by atoms with Crippen LogP contribution in [0, 0.1) is 0 Å². The summed E-state index contributed by atoms with van der Waals surface area (Å²) in [5, 5.41) is 0. The molecule has 3 rings (SSSR count). The van der Waals surface area contributed by atoms with Crippen molar-refractivity contribution in [3.05, 3.63) is 83.8 Å². The van der Waals surface area contributed by atoms with Crippen molar-refractivity contribution in [2.24, 2.45) is 0 Å². The van der Waals surface area contributed by atoms with E-state index in [1.807, 2.05) is 13.8 Å². The van der Waals surface area contributed by atoms with E-state index in [4.69, 9.17) is 9.15 Å². The molecule has 0 saturated heterocycles. The molecular weight excluding hydrogens is 420 g/mol. The molecule has 2 aromatic carbocycles. The highest BCUT2D eigenvalue weighted by atomic mass is 32.2. The Morgan fingerprint density at radius 2 is 1.58 bits per heavy atom.